The lowest BCUT2D eigenvalue weighted by Crippen LogP contribution is -1.99. The van der Waals surface area contributed by atoms with E-state index < -0.39 is 0 Å². The quantitative estimate of drug-likeness (QED) is 0.742. The van der Waals surface area contributed by atoms with Gasteiger partial charge in [-0.15, -0.1) is 0 Å². The third kappa shape index (κ3) is 2.64. The van der Waals surface area contributed by atoms with Crippen molar-refractivity contribution in [3.63, 3.8) is 0 Å². The molecule has 0 fully saturated rings. The summed E-state index contributed by atoms with van der Waals surface area (Å²) >= 11 is 3.48. The van der Waals surface area contributed by atoms with Gasteiger partial charge in [-0.1, -0.05) is 18.2 Å². The van der Waals surface area contributed by atoms with E-state index >= 15 is 0 Å². The highest BCUT2D eigenvalue weighted by atomic mass is 79.9. The summed E-state index contributed by atoms with van der Waals surface area (Å²) in [4.78, 5) is 4.33. The van der Waals surface area contributed by atoms with Crippen LogP contribution in [0.2, 0.25) is 0 Å². The van der Waals surface area contributed by atoms with Crippen molar-refractivity contribution < 1.29 is 4.74 Å². The number of hydrogen-bond donors (Lipinski definition) is 2. The molecule has 0 saturated heterocycles. The minimum atomic E-state index is 0.612. The van der Waals surface area contributed by atoms with E-state index in [4.69, 9.17) is 10.5 Å². The first-order chi connectivity index (χ1) is 10.2. The van der Waals surface area contributed by atoms with Gasteiger partial charge < -0.3 is 15.8 Å². The Morgan fingerprint density at radius 3 is 2.76 bits per heavy atom. The zero-order valence-electron chi connectivity index (χ0n) is 11.4. The first-order valence-corrected chi connectivity index (χ1v) is 7.22. The highest BCUT2D eigenvalue weighted by Gasteiger charge is 2.08. The summed E-state index contributed by atoms with van der Waals surface area (Å²) in [6.45, 7) is 0. The van der Waals surface area contributed by atoms with E-state index in [1.165, 1.54) is 0 Å². The number of nitrogens with zero attached hydrogens (tertiary/aromatic N) is 1. The van der Waals surface area contributed by atoms with Gasteiger partial charge in [0.1, 0.15) is 5.75 Å². The van der Waals surface area contributed by atoms with Crippen LogP contribution in [0.4, 0.5) is 17.1 Å². The number of rotatable bonds is 3. The van der Waals surface area contributed by atoms with Crippen LogP contribution in [-0.4, -0.2) is 12.1 Å². The van der Waals surface area contributed by atoms with Gasteiger partial charge in [0.2, 0.25) is 0 Å². The number of ether oxygens (including phenoxy) is 1. The van der Waals surface area contributed by atoms with E-state index in [0.717, 1.165) is 32.5 Å². The molecule has 0 spiro atoms. The van der Waals surface area contributed by atoms with Gasteiger partial charge in [-0.2, -0.15) is 0 Å². The molecule has 4 nitrogen and oxygen atoms in total. The molecule has 0 unspecified atom stereocenters. The standard InChI is InChI=1S/C16H14BrN3O/c1-21-15-7-6-10(8-12(15)17)20-16-11-4-2-3-5-14(11)19-9-13(16)18/h2-9H,18H2,1H3,(H,19,20). The highest BCUT2D eigenvalue weighted by molar-refractivity contribution is 9.10. The molecule has 3 N–H and O–H groups in total. The van der Waals surface area contributed by atoms with E-state index in [1.54, 1.807) is 13.3 Å². The molecular weight excluding hydrogens is 330 g/mol. The number of pyridine rings is 1. The molecule has 0 aliphatic rings. The summed E-state index contributed by atoms with van der Waals surface area (Å²) < 4.78 is 6.12. The number of benzene rings is 2. The number of methoxy groups -OCH3 is 1. The van der Waals surface area contributed by atoms with Gasteiger partial charge in [-0.25, -0.2) is 0 Å². The zero-order chi connectivity index (χ0) is 14.8. The van der Waals surface area contributed by atoms with E-state index in [9.17, 15) is 0 Å². The number of halogens is 1. The van der Waals surface area contributed by atoms with Crippen LogP contribution in [-0.2, 0) is 0 Å². The topological polar surface area (TPSA) is 60.2 Å². The highest BCUT2D eigenvalue weighted by Crippen LogP contribution is 2.33. The van der Waals surface area contributed by atoms with Crippen molar-refractivity contribution >= 4 is 43.9 Å². The summed E-state index contributed by atoms with van der Waals surface area (Å²) in [6.07, 6.45) is 1.67. The first kappa shape index (κ1) is 13.7. The molecule has 0 aliphatic heterocycles. The number of fused-ring (bicyclic) bond motifs is 1. The molecule has 0 atom stereocenters. The van der Waals surface area contributed by atoms with Gasteiger partial charge in [0, 0.05) is 11.1 Å². The molecule has 106 valence electrons. The third-order valence-corrected chi connectivity index (χ3v) is 3.85. The Balaban J connectivity index is 2.05. The number of nitrogen functional groups attached to an aromatic ring is 1. The van der Waals surface area contributed by atoms with Crippen molar-refractivity contribution in [1.29, 1.82) is 0 Å². The molecule has 2 aromatic carbocycles. The normalized spacial score (nSPS) is 10.6. The monoisotopic (exact) mass is 343 g/mol. The summed E-state index contributed by atoms with van der Waals surface area (Å²) in [7, 11) is 1.64. The SMILES string of the molecule is COc1ccc(Nc2c(N)cnc3ccccc23)cc1Br. The maximum Gasteiger partial charge on any atom is 0.133 e. The Kier molecular flexibility index (Phi) is 3.66. The molecule has 1 heterocycles. The van der Waals surface area contributed by atoms with Crippen molar-refractivity contribution in [2.75, 3.05) is 18.2 Å². The number of nitrogens with one attached hydrogen (secondary N) is 1. The summed E-state index contributed by atoms with van der Waals surface area (Å²) in [5.74, 6) is 0.785. The van der Waals surface area contributed by atoms with Crippen LogP contribution in [0.25, 0.3) is 10.9 Å². The second-order valence-corrected chi connectivity index (χ2v) is 5.43. The van der Waals surface area contributed by atoms with Crippen LogP contribution in [0.3, 0.4) is 0 Å². The van der Waals surface area contributed by atoms with Crippen LogP contribution in [0, 0.1) is 0 Å². The van der Waals surface area contributed by atoms with Gasteiger partial charge >= 0.3 is 0 Å². The Morgan fingerprint density at radius 1 is 1.19 bits per heavy atom. The van der Waals surface area contributed by atoms with Crippen LogP contribution < -0.4 is 15.8 Å². The summed E-state index contributed by atoms with van der Waals surface area (Å²) in [6, 6.07) is 13.7. The molecule has 1 aromatic heterocycles. The number of anilines is 3. The van der Waals surface area contributed by atoms with Crippen LogP contribution in [0.1, 0.15) is 0 Å². The average molecular weight is 344 g/mol. The second kappa shape index (κ2) is 5.61. The van der Waals surface area contributed by atoms with Gasteiger partial charge in [0.25, 0.3) is 0 Å². The lowest BCUT2D eigenvalue weighted by Gasteiger charge is -2.13. The number of aromatic nitrogens is 1. The molecular formula is C16H14BrN3O. The molecule has 0 bridgehead atoms. The van der Waals surface area contributed by atoms with Crippen LogP contribution >= 0.6 is 15.9 Å². The molecule has 0 aliphatic carbocycles. The summed E-state index contributed by atoms with van der Waals surface area (Å²) in [5.41, 5.74) is 9.36. The fourth-order valence-corrected chi connectivity index (χ4v) is 2.73. The van der Waals surface area contributed by atoms with Crippen LogP contribution in [0.5, 0.6) is 5.75 Å². The Hall–Kier alpha value is -2.27. The molecule has 5 heteroatoms. The number of hydrogen-bond acceptors (Lipinski definition) is 4. The van der Waals surface area contributed by atoms with Crippen molar-refractivity contribution in [3.8, 4) is 5.75 Å². The molecule has 21 heavy (non-hydrogen) atoms. The second-order valence-electron chi connectivity index (χ2n) is 4.58. The van der Waals surface area contributed by atoms with E-state index in [0.29, 0.717) is 5.69 Å². The lowest BCUT2D eigenvalue weighted by atomic mass is 10.1. The predicted octanol–water partition coefficient (Wildman–Crippen LogP) is 4.33. The minimum absolute atomic E-state index is 0.612. The van der Waals surface area contributed by atoms with Gasteiger partial charge in [0.05, 0.1) is 34.7 Å². The summed E-state index contributed by atoms with van der Waals surface area (Å²) in [5, 5.41) is 4.35. The number of nitrogens with two attached hydrogens (primary N) is 1. The van der Waals surface area contributed by atoms with Gasteiger partial charge in [-0.3, -0.25) is 4.98 Å². The third-order valence-electron chi connectivity index (χ3n) is 3.23. The molecule has 3 rings (SSSR count). The molecule has 0 saturated carbocycles. The Labute approximate surface area is 131 Å². The fraction of sp³-hybridized carbons (Fsp3) is 0.0625. The Morgan fingerprint density at radius 2 is 2.00 bits per heavy atom. The fourth-order valence-electron chi connectivity index (χ4n) is 2.18. The van der Waals surface area contributed by atoms with Crippen molar-refractivity contribution in [1.82, 2.24) is 4.98 Å². The van der Waals surface area contributed by atoms with Crippen molar-refractivity contribution in [3.05, 3.63) is 53.1 Å². The largest absolute Gasteiger partial charge is 0.496 e. The van der Waals surface area contributed by atoms with E-state index in [1.807, 2.05) is 42.5 Å². The lowest BCUT2D eigenvalue weighted by molar-refractivity contribution is 0.412. The molecule has 0 radical (unpaired) electrons. The van der Waals surface area contributed by atoms with Gasteiger partial charge in [0.15, 0.2) is 0 Å². The molecule has 0 amide bonds. The minimum Gasteiger partial charge on any atom is -0.496 e. The Bertz CT molecular complexity index is 805. The van der Waals surface area contributed by atoms with Gasteiger partial charge in [-0.05, 0) is 40.2 Å². The first-order valence-electron chi connectivity index (χ1n) is 6.43. The number of para-hydroxylation sites is 1. The van der Waals surface area contributed by atoms with Crippen molar-refractivity contribution in [2.24, 2.45) is 0 Å². The van der Waals surface area contributed by atoms with Crippen molar-refractivity contribution in [2.45, 2.75) is 0 Å². The van der Waals surface area contributed by atoms with E-state index in [2.05, 4.69) is 26.2 Å². The maximum absolute atomic E-state index is 6.07. The predicted molar refractivity (Wildman–Crippen MR) is 90.1 cm³/mol. The maximum atomic E-state index is 6.07. The van der Waals surface area contributed by atoms with E-state index in [-0.39, 0.29) is 0 Å². The molecule has 3 aromatic rings. The smallest absolute Gasteiger partial charge is 0.133 e. The van der Waals surface area contributed by atoms with Crippen LogP contribution in [0.15, 0.2) is 53.1 Å². The average Bonchev–Trinajstić information content (AvgIpc) is 2.50. The zero-order valence-corrected chi connectivity index (χ0v) is 13.0.